The third-order valence-electron chi connectivity index (χ3n) is 5.61. The van der Waals surface area contributed by atoms with Crippen molar-refractivity contribution in [3.05, 3.63) is 71.5 Å². The van der Waals surface area contributed by atoms with E-state index in [1.165, 1.54) is 16.7 Å². The van der Waals surface area contributed by atoms with E-state index in [4.69, 9.17) is 17.2 Å². The molecule has 5 rings (SSSR count). The number of carbonyl (C=O) groups is 1. The molecule has 0 atom stereocenters. The van der Waals surface area contributed by atoms with Gasteiger partial charge < -0.3 is 5.32 Å². The molecule has 0 bridgehead atoms. The molecule has 0 spiro atoms. The Morgan fingerprint density at radius 1 is 1.22 bits per heavy atom. The molecular weight excluding hydrogens is 490 g/mol. The monoisotopic (exact) mass is 511 g/mol. The molecule has 3 aromatic heterocycles. The van der Waals surface area contributed by atoms with E-state index in [1.807, 2.05) is 42.5 Å². The number of hydrazine groups is 1. The number of hydrogen-bond donors (Lipinski definition) is 2. The van der Waals surface area contributed by atoms with Crippen LogP contribution in [-0.4, -0.2) is 37.3 Å². The number of thiophene rings is 1. The summed E-state index contributed by atoms with van der Waals surface area (Å²) >= 11 is 6.60. The fourth-order valence-corrected chi connectivity index (χ4v) is 5.17. The van der Waals surface area contributed by atoms with Gasteiger partial charge in [0.1, 0.15) is 6.07 Å². The minimum Gasteiger partial charge on any atom is -0.324 e. The summed E-state index contributed by atoms with van der Waals surface area (Å²) in [6.45, 7) is 1.56. The summed E-state index contributed by atoms with van der Waals surface area (Å²) in [6, 6.07) is 15.7. The lowest BCUT2D eigenvalue weighted by Crippen LogP contribution is -2.36. The summed E-state index contributed by atoms with van der Waals surface area (Å²) in [5, 5.41) is 16.3. The van der Waals surface area contributed by atoms with E-state index in [-0.39, 0.29) is 11.9 Å². The Balaban J connectivity index is 1.46. The van der Waals surface area contributed by atoms with Gasteiger partial charge in [-0.05, 0) is 43.2 Å². The molecule has 0 unspecified atom stereocenters. The van der Waals surface area contributed by atoms with Gasteiger partial charge >= 0.3 is 0 Å². The van der Waals surface area contributed by atoms with Gasteiger partial charge in [-0.3, -0.25) is 20.2 Å². The van der Waals surface area contributed by atoms with Gasteiger partial charge in [-0.15, -0.1) is 11.3 Å². The highest BCUT2D eigenvalue weighted by atomic mass is 32.1. The first-order valence-corrected chi connectivity index (χ1v) is 12.6. The average Bonchev–Trinajstić information content (AvgIpc) is 3.67. The molecule has 1 aliphatic carbocycles. The predicted octanol–water partition coefficient (Wildman–Crippen LogP) is 5.57. The quantitative estimate of drug-likeness (QED) is 0.234. The van der Waals surface area contributed by atoms with E-state index in [0.29, 0.717) is 22.1 Å². The van der Waals surface area contributed by atoms with Gasteiger partial charge in [0.15, 0.2) is 0 Å². The molecule has 178 valence electrons. The number of aromatic nitrogens is 3. The van der Waals surface area contributed by atoms with Crippen LogP contribution in [0.5, 0.6) is 0 Å². The summed E-state index contributed by atoms with van der Waals surface area (Å²) in [7, 11) is 0. The first-order valence-electron chi connectivity index (χ1n) is 11.3. The minimum absolute atomic E-state index is 0.0142. The van der Waals surface area contributed by atoms with Crippen molar-refractivity contribution in [3.63, 3.8) is 0 Å². The SMILES string of the molecule is CC(=O)N(Nc1cccc(Nc2nccc(-c3sc(C=S)c(C#N)c3-c3cccnc3)n2)c1)C1CC1. The van der Waals surface area contributed by atoms with Gasteiger partial charge in [0, 0.05) is 47.7 Å². The van der Waals surface area contributed by atoms with Crippen LogP contribution in [0.15, 0.2) is 61.1 Å². The zero-order valence-electron chi connectivity index (χ0n) is 19.3. The molecule has 1 amide bonds. The van der Waals surface area contributed by atoms with Crippen LogP contribution in [-0.2, 0) is 4.79 Å². The molecule has 0 saturated heterocycles. The largest absolute Gasteiger partial charge is 0.324 e. The van der Waals surface area contributed by atoms with Crippen LogP contribution in [0.3, 0.4) is 0 Å². The third kappa shape index (κ3) is 4.93. The zero-order valence-corrected chi connectivity index (χ0v) is 20.9. The Morgan fingerprint density at radius 3 is 2.75 bits per heavy atom. The Kier molecular flexibility index (Phi) is 6.66. The van der Waals surface area contributed by atoms with Crippen molar-refractivity contribution in [2.45, 2.75) is 25.8 Å². The second kappa shape index (κ2) is 10.2. The molecule has 0 aliphatic heterocycles. The molecule has 4 aromatic rings. The van der Waals surface area contributed by atoms with Crippen LogP contribution in [0.25, 0.3) is 21.7 Å². The number of hydrogen-bond acceptors (Lipinski definition) is 9. The normalized spacial score (nSPS) is 12.4. The average molecular weight is 512 g/mol. The first-order chi connectivity index (χ1) is 17.6. The second-order valence-electron chi connectivity index (χ2n) is 8.22. The number of amides is 1. The number of carbonyl (C=O) groups excluding carboxylic acids is 1. The Hall–Kier alpha value is -4.20. The van der Waals surface area contributed by atoms with Gasteiger partial charge in [0.25, 0.3) is 0 Å². The Labute approximate surface area is 217 Å². The van der Waals surface area contributed by atoms with Gasteiger partial charge in [-0.1, -0.05) is 24.4 Å². The van der Waals surface area contributed by atoms with E-state index in [2.05, 4.69) is 26.8 Å². The maximum atomic E-state index is 12.0. The van der Waals surface area contributed by atoms with Gasteiger partial charge in [0.2, 0.25) is 11.9 Å². The standard InChI is InChI=1S/C26H21N7OS2/c1-16(34)33(20-7-8-20)32-19-6-2-5-18(12-19)30-26-29-11-9-22(31-26)25-24(17-4-3-10-28-14-17)21(13-27)23(15-35)36-25/h2-6,9-12,14-15,20,32H,7-8H2,1H3,(H,29,30,31). The fourth-order valence-electron chi connectivity index (χ4n) is 3.85. The number of nitrogens with one attached hydrogen (secondary N) is 2. The lowest BCUT2D eigenvalue weighted by Gasteiger charge is -2.23. The van der Waals surface area contributed by atoms with E-state index in [9.17, 15) is 10.1 Å². The van der Waals surface area contributed by atoms with Crippen LogP contribution in [0.4, 0.5) is 17.3 Å². The molecule has 1 aliphatic rings. The number of anilines is 3. The van der Waals surface area contributed by atoms with Gasteiger partial charge in [-0.2, -0.15) is 5.26 Å². The van der Waals surface area contributed by atoms with Gasteiger partial charge in [-0.25, -0.2) is 9.97 Å². The molecule has 8 nitrogen and oxygen atoms in total. The number of pyridine rings is 1. The molecule has 1 aromatic carbocycles. The maximum absolute atomic E-state index is 12.0. The highest BCUT2D eigenvalue weighted by Crippen LogP contribution is 2.41. The topological polar surface area (TPSA) is 107 Å². The van der Waals surface area contributed by atoms with Crippen molar-refractivity contribution in [2.75, 3.05) is 10.7 Å². The predicted molar refractivity (Wildman–Crippen MR) is 145 cm³/mol. The van der Waals surface area contributed by atoms with Crippen molar-refractivity contribution in [3.8, 4) is 27.8 Å². The molecular formula is C26H21N7OS2. The third-order valence-corrected chi connectivity index (χ3v) is 7.16. The molecule has 1 saturated carbocycles. The summed E-state index contributed by atoms with van der Waals surface area (Å²) in [5.74, 6) is 0.392. The zero-order chi connectivity index (χ0) is 25.1. The summed E-state index contributed by atoms with van der Waals surface area (Å²) in [4.78, 5) is 26.8. The maximum Gasteiger partial charge on any atom is 0.238 e. The first kappa shape index (κ1) is 23.5. The van der Waals surface area contributed by atoms with Crippen LogP contribution in [0.1, 0.15) is 30.2 Å². The fraction of sp³-hybridized carbons (Fsp3) is 0.154. The summed E-state index contributed by atoms with van der Waals surface area (Å²) in [6.07, 6.45) is 7.11. The molecule has 3 heterocycles. The molecule has 2 N–H and O–H groups in total. The van der Waals surface area contributed by atoms with E-state index < -0.39 is 0 Å². The van der Waals surface area contributed by atoms with E-state index >= 15 is 0 Å². The minimum atomic E-state index is -0.0142. The van der Waals surface area contributed by atoms with E-state index in [1.54, 1.807) is 30.5 Å². The van der Waals surface area contributed by atoms with Crippen molar-refractivity contribution >= 4 is 52.2 Å². The highest BCUT2D eigenvalue weighted by molar-refractivity contribution is 7.79. The van der Waals surface area contributed by atoms with E-state index in [0.717, 1.165) is 40.2 Å². The van der Waals surface area contributed by atoms with Crippen molar-refractivity contribution in [1.29, 1.82) is 5.26 Å². The molecule has 1 fully saturated rings. The molecule has 36 heavy (non-hydrogen) atoms. The number of rotatable bonds is 8. The highest BCUT2D eigenvalue weighted by Gasteiger charge is 2.31. The van der Waals surface area contributed by atoms with Gasteiger partial charge in [0.05, 0.1) is 32.7 Å². The molecule has 10 heteroatoms. The number of nitrogens with zero attached hydrogens (tertiary/aromatic N) is 5. The Morgan fingerprint density at radius 2 is 2.06 bits per heavy atom. The van der Waals surface area contributed by atoms with Crippen molar-refractivity contribution in [2.24, 2.45) is 0 Å². The van der Waals surface area contributed by atoms with Crippen LogP contribution >= 0.6 is 23.6 Å². The number of benzene rings is 1. The lowest BCUT2D eigenvalue weighted by molar-refractivity contribution is -0.128. The van der Waals surface area contributed by atoms with Crippen LogP contribution < -0.4 is 10.7 Å². The number of thiocarbonyl (C=S) groups is 1. The summed E-state index contributed by atoms with van der Waals surface area (Å²) < 4.78 is 0. The lowest BCUT2D eigenvalue weighted by atomic mass is 10.0. The van der Waals surface area contributed by atoms with Crippen LogP contribution in [0.2, 0.25) is 0 Å². The smallest absolute Gasteiger partial charge is 0.238 e. The summed E-state index contributed by atoms with van der Waals surface area (Å²) in [5.41, 5.74) is 7.52. The van der Waals surface area contributed by atoms with Crippen LogP contribution in [0, 0.1) is 11.3 Å². The Bertz CT molecular complexity index is 1480. The van der Waals surface area contributed by atoms with Crippen molar-refractivity contribution in [1.82, 2.24) is 20.0 Å². The second-order valence-corrected chi connectivity index (χ2v) is 9.51. The van der Waals surface area contributed by atoms with Crippen molar-refractivity contribution < 1.29 is 4.79 Å². The number of nitriles is 1. The molecule has 0 radical (unpaired) electrons.